The number of carbonyl (C=O) groups is 1. The quantitative estimate of drug-likeness (QED) is 0.170. The molecule has 0 atom stereocenters. The van der Waals surface area contributed by atoms with E-state index >= 15 is 0 Å². The summed E-state index contributed by atoms with van der Waals surface area (Å²) in [5, 5.41) is 10.1. The number of carbonyl (C=O) groups excluding carboxylic acids is 1. The van der Waals surface area contributed by atoms with Gasteiger partial charge < -0.3 is 19.4 Å². The Morgan fingerprint density at radius 3 is 1.74 bits per heavy atom. The molecular formula is C22H41NaO4. The van der Waals surface area contributed by atoms with E-state index in [1.807, 2.05) is 0 Å². The van der Waals surface area contributed by atoms with Crippen LogP contribution in [0.5, 0.6) is 0 Å². The van der Waals surface area contributed by atoms with Gasteiger partial charge in [0.1, 0.15) is 0 Å². The summed E-state index contributed by atoms with van der Waals surface area (Å²) in [6, 6.07) is 0. The van der Waals surface area contributed by atoms with Crippen LogP contribution in [-0.4, -0.2) is 32.4 Å². The minimum atomic E-state index is -1.18. The van der Waals surface area contributed by atoms with Crippen molar-refractivity contribution in [2.75, 3.05) is 26.4 Å². The zero-order valence-electron chi connectivity index (χ0n) is 18.0. The average molecular weight is 393 g/mol. The van der Waals surface area contributed by atoms with Gasteiger partial charge in [0, 0.05) is 6.61 Å². The Bertz CT molecular complexity index is 321. The minimum absolute atomic E-state index is 0. The molecule has 0 saturated carbocycles. The molecule has 27 heavy (non-hydrogen) atoms. The van der Waals surface area contributed by atoms with Gasteiger partial charge in [-0.15, -0.1) is 0 Å². The molecule has 0 aliphatic carbocycles. The number of carboxylic acids is 1. The van der Waals surface area contributed by atoms with E-state index in [1.54, 1.807) is 0 Å². The van der Waals surface area contributed by atoms with Crippen molar-refractivity contribution in [3.05, 3.63) is 12.2 Å². The molecule has 0 amide bonds. The molecule has 154 valence electrons. The van der Waals surface area contributed by atoms with Crippen molar-refractivity contribution in [1.29, 1.82) is 0 Å². The first-order valence-electron chi connectivity index (χ1n) is 10.8. The van der Waals surface area contributed by atoms with Crippen LogP contribution < -0.4 is 34.7 Å². The number of allylic oxidation sites excluding steroid dienone is 2. The van der Waals surface area contributed by atoms with Crippen LogP contribution >= 0.6 is 0 Å². The molecule has 0 spiro atoms. The van der Waals surface area contributed by atoms with Crippen LogP contribution in [0.1, 0.15) is 96.8 Å². The molecule has 0 rings (SSSR count). The molecule has 0 bridgehead atoms. The molecule has 0 radical (unpaired) electrons. The Labute approximate surface area is 189 Å². The first kappa shape index (κ1) is 29.3. The smallest absolute Gasteiger partial charge is 0.548 e. The molecular weight excluding hydrogens is 351 g/mol. The largest absolute Gasteiger partial charge is 1.00 e. The van der Waals surface area contributed by atoms with Crippen LogP contribution in [0.25, 0.3) is 0 Å². The van der Waals surface area contributed by atoms with Gasteiger partial charge >= 0.3 is 29.6 Å². The minimum Gasteiger partial charge on any atom is -0.548 e. The number of ether oxygens (including phenoxy) is 2. The monoisotopic (exact) mass is 392 g/mol. The third-order valence-corrected chi connectivity index (χ3v) is 4.39. The van der Waals surface area contributed by atoms with Crippen LogP contribution in [-0.2, 0) is 14.3 Å². The summed E-state index contributed by atoms with van der Waals surface area (Å²) in [7, 11) is 0. The van der Waals surface area contributed by atoms with Gasteiger partial charge in [0.05, 0.1) is 25.8 Å². The molecule has 0 N–H and O–H groups in total. The number of aliphatic carboxylic acids is 1. The van der Waals surface area contributed by atoms with Gasteiger partial charge in [0.15, 0.2) is 0 Å². The van der Waals surface area contributed by atoms with Gasteiger partial charge in [-0.3, -0.25) is 0 Å². The molecule has 0 aromatic carbocycles. The zero-order valence-corrected chi connectivity index (χ0v) is 20.0. The topological polar surface area (TPSA) is 58.6 Å². The Balaban J connectivity index is 0. The fourth-order valence-corrected chi connectivity index (χ4v) is 2.83. The van der Waals surface area contributed by atoms with Crippen LogP contribution in [0, 0.1) is 0 Å². The van der Waals surface area contributed by atoms with Crippen molar-refractivity contribution < 1.29 is 48.9 Å². The molecule has 0 heterocycles. The molecule has 0 aliphatic heterocycles. The van der Waals surface area contributed by atoms with Gasteiger partial charge in [0.25, 0.3) is 0 Å². The summed E-state index contributed by atoms with van der Waals surface area (Å²) in [5.74, 6) is -1.18. The summed E-state index contributed by atoms with van der Waals surface area (Å²) in [5.41, 5.74) is 0. The van der Waals surface area contributed by atoms with E-state index in [0.717, 1.165) is 13.0 Å². The van der Waals surface area contributed by atoms with E-state index in [2.05, 4.69) is 19.1 Å². The Hall–Kier alpha value is 0.130. The van der Waals surface area contributed by atoms with Crippen molar-refractivity contribution in [3.8, 4) is 0 Å². The fraction of sp³-hybridized carbons (Fsp3) is 0.864. The molecule has 0 saturated heterocycles. The maximum absolute atomic E-state index is 10.1. The molecule has 4 nitrogen and oxygen atoms in total. The third-order valence-electron chi connectivity index (χ3n) is 4.39. The summed E-state index contributed by atoms with van der Waals surface area (Å²) in [6.45, 7) is 3.42. The van der Waals surface area contributed by atoms with E-state index in [-0.39, 0.29) is 36.2 Å². The first-order valence-corrected chi connectivity index (χ1v) is 10.8. The van der Waals surface area contributed by atoms with Gasteiger partial charge in [-0.1, -0.05) is 76.9 Å². The van der Waals surface area contributed by atoms with Crippen molar-refractivity contribution in [2.24, 2.45) is 0 Å². The van der Waals surface area contributed by atoms with E-state index in [1.165, 1.54) is 83.5 Å². The second-order valence-corrected chi connectivity index (χ2v) is 6.97. The van der Waals surface area contributed by atoms with Gasteiger partial charge in [-0.25, -0.2) is 0 Å². The van der Waals surface area contributed by atoms with Crippen LogP contribution in [0.2, 0.25) is 0 Å². The number of rotatable bonds is 21. The maximum Gasteiger partial charge on any atom is 1.00 e. The SMILES string of the molecule is CCCCCCCCC/C=C/CCCCCCCOCCOCC(=O)[O-].[Na+]. The predicted molar refractivity (Wildman–Crippen MR) is 106 cm³/mol. The van der Waals surface area contributed by atoms with E-state index < -0.39 is 5.97 Å². The summed E-state index contributed by atoms with van der Waals surface area (Å²) in [4.78, 5) is 10.1. The second-order valence-electron chi connectivity index (χ2n) is 6.97. The average Bonchev–Trinajstić information content (AvgIpc) is 2.62. The second kappa shape index (κ2) is 26.1. The van der Waals surface area contributed by atoms with Crippen molar-refractivity contribution in [1.82, 2.24) is 0 Å². The molecule has 0 fully saturated rings. The third kappa shape index (κ3) is 28.4. The number of carboxylic acid groups (broad SMARTS) is 1. The molecule has 5 heteroatoms. The number of hydrogen-bond acceptors (Lipinski definition) is 4. The summed E-state index contributed by atoms with van der Waals surface area (Å²) >= 11 is 0. The van der Waals surface area contributed by atoms with E-state index in [0.29, 0.717) is 13.2 Å². The first-order chi connectivity index (χ1) is 12.8. The molecule has 0 aromatic rings. The zero-order chi connectivity index (χ0) is 19.1. The van der Waals surface area contributed by atoms with Crippen LogP contribution in [0.4, 0.5) is 0 Å². The Morgan fingerprint density at radius 1 is 0.704 bits per heavy atom. The van der Waals surface area contributed by atoms with Gasteiger partial charge in [0.2, 0.25) is 0 Å². The summed E-state index contributed by atoms with van der Waals surface area (Å²) in [6.07, 6.45) is 23.0. The normalized spacial score (nSPS) is 11.0. The molecule has 0 aromatic heterocycles. The van der Waals surface area contributed by atoms with E-state index in [4.69, 9.17) is 9.47 Å². The van der Waals surface area contributed by atoms with Crippen molar-refractivity contribution in [3.63, 3.8) is 0 Å². The maximum atomic E-state index is 10.1. The van der Waals surface area contributed by atoms with E-state index in [9.17, 15) is 9.90 Å². The van der Waals surface area contributed by atoms with Gasteiger partial charge in [-0.05, 0) is 32.1 Å². The molecule has 0 unspecified atom stereocenters. The fourth-order valence-electron chi connectivity index (χ4n) is 2.83. The van der Waals surface area contributed by atoms with Gasteiger partial charge in [-0.2, -0.15) is 0 Å². The van der Waals surface area contributed by atoms with Crippen molar-refractivity contribution >= 4 is 5.97 Å². The van der Waals surface area contributed by atoms with Crippen LogP contribution in [0.15, 0.2) is 12.2 Å². The number of unbranched alkanes of at least 4 members (excludes halogenated alkanes) is 12. The van der Waals surface area contributed by atoms with Crippen LogP contribution in [0.3, 0.4) is 0 Å². The molecule has 0 aliphatic rings. The Kier molecular flexibility index (Phi) is 28.4. The Morgan fingerprint density at radius 2 is 1.19 bits per heavy atom. The number of hydrogen-bond donors (Lipinski definition) is 0. The predicted octanol–water partition coefficient (Wildman–Crippen LogP) is 1.81. The summed E-state index contributed by atoms with van der Waals surface area (Å²) < 4.78 is 10.2. The standard InChI is InChI=1S/C22H42O4.Na/c1-2-3-4-5-6-7-8-9-10-11-12-13-14-15-16-17-18-25-19-20-26-21-22(23)24;/h10-11H,2-9,12-21H2,1H3,(H,23,24);/q;+1/p-1/b11-10+;. The van der Waals surface area contributed by atoms with Crippen molar-refractivity contribution in [2.45, 2.75) is 96.8 Å².